The van der Waals surface area contributed by atoms with E-state index in [-0.39, 0.29) is 11.6 Å². The first-order valence-corrected chi connectivity index (χ1v) is 4.43. The van der Waals surface area contributed by atoms with Gasteiger partial charge in [-0.15, -0.1) is 12.6 Å². The van der Waals surface area contributed by atoms with Gasteiger partial charge in [0, 0.05) is 22.9 Å². The van der Waals surface area contributed by atoms with Gasteiger partial charge in [-0.05, 0) is 5.56 Å². The molecular weight excluding hydrogens is 202 g/mol. The number of carbonyl (C=O) groups is 1. The number of benzene rings is 1. The Labute approximate surface area is 86.5 Å². The maximum atomic E-state index is 10.5. The SMILES string of the molecule is CC(C=O)c1ccc([N+](=O)[O-])cc1S. The molecule has 0 aliphatic rings. The molecule has 0 saturated carbocycles. The lowest BCUT2D eigenvalue weighted by Crippen LogP contribution is -1.97. The number of nitro benzene ring substituents is 1. The third-order valence-electron chi connectivity index (χ3n) is 1.92. The van der Waals surface area contributed by atoms with Crippen LogP contribution in [-0.4, -0.2) is 11.2 Å². The Morgan fingerprint density at radius 2 is 2.21 bits per heavy atom. The first-order chi connectivity index (χ1) is 6.56. The fourth-order valence-corrected chi connectivity index (χ4v) is 1.51. The molecule has 0 radical (unpaired) electrons. The van der Waals surface area contributed by atoms with E-state index in [1.807, 2.05) is 0 Å². The molecule has 0 saturated heterocycles. The van der Waals surface area contributed by atoms with Crippen LogP contribution in [0.5, 0.6) is 0 Å². The quantitative estimate of drug-likeness (QED) is 0.361. The molecule has 1 aromatic rings. The first kappa shape index (κ1) is 10.7. The molecule has 0 amide bonds. The summed E-state index contributed by atoms with van der Waals surface area (Å²) in [4.78, 5) is 20.9. The van der Waals surface area contributed by atoms with E-state index in [1.54, 1.807) is 13.0 Å². The first-order valence-electron chi connectivity index (χ1n) is 3.99. The van der Waals surface area contributed by atoms with Gasteiger partial charge in [-0.2, -0.15) is 0 Å². The molecule has 0 aliphatic heterocycles. The van der Waals surface area contributed by atoms with Gasteiger partial charge in [-0.25, -0.2) is 0 Å². The molecule has 74 valence electrons. The lowest BCUT2D eigenvalue weighted by atomic mass is 10.0. The lowest BCUT2D eigenvalue weighted by Gasteiger charge is -2.06. The van der Waals surface area contributed by atoms with Gasteiger partial charge in [-0.3, -0.25) is 10.1 Å². The van der Waals surface area contributed by atoms with Crippen LogP contribution in [-0.2, 0) is 4.79 Å². The zero-order chi connectivity index (χ0) is 10.7. The zero-order valence-electron chi connectivity index (χ0n) is 7.51. The molecule has 5 heteroatoms. The van der Waals surface area contributed by atoms with Crippen LogP contribution in [0, 0.1) is 10.1 Å². The predicted octanol–water partition coefficient (Wildman–Crippen LogP) is 2.19. The summed E-state index contributed by atoms with van der Waals surface area (Å²) in [5.74, 6) is -0.289. The Bertz CT molecular complexity index is 378. The van der Waals surface area contributed by atoms with Gasteiger partial charge in [0.2, 0.25) is 0 Å². The summed E-state index contributed by atoms with van der Waals surface area (Å²) in [7, 11) is 0. The van der Waals surface area contributed by atoms with Crippen LogP contribution in [0.3, 0.4) is 0 Å². The van der Waals surface area contributed by atoms with Gasteiger partial charge in [0.05, 0.1) is 4.92 Å². The van der Waals surface area contributed by atoms with E-state index in [0.29, 0.717) is 10.5 Å². The van der Waals surface area contributed by atoms with Crippen molar-refractivity contribution in [2.75, 3.05) is 0 Å². The molecule has 0 heterocycles. The molecule has 0 aromatic heterocycles. The average Bonchev–Trinajstić information content (AvgIpc) is 2.16. The molecule has 1 atom stereocenters. The molecule has 0 spiro atoms. The smallest absolute Gasteiger partial charge is 0.270 e. The second-order valence-electron chi connectivity index (χ2n) is 2.92. The van der Waals surface area contributed by atoms with Crippen LogP contribution in [0.2, 0.25) is 0 Å². The van der Waals surface area contributed by atoms with Crippen LogP contribution < -0.4 is 0 Å². The van der Waals surface area contributed by atoms with E-state index < -0.39 is 4.92 Å². The van der Waals surface area contributed by atoms with E-state index in [4.69, 9.17) is 0 Å². The van der Waals surface area contributed by atoms with Crippen LogP contribution in [0.25, 0.3) is 0 Å². The summed E-state index contributed by atoms with van der Waals surface area (Å²) in [6.07, 6.45) is 0.779. The molecule has 14 heavy (non-hydrogen) atoms. The van der Waals surface area contributed by atoms with Gasteiger partial charge in [0.25, 0.3) is 5.69 Å². The second kappa shape index (κ2) is 4.23. The number of nitrogens with zero attached hydrogens (tertiary/aromatic N) is 1. The normalized spacial score (nSPS) is 12.1. The Balaban J connectivity index is 3.13. The molecule has 0 N–H and O–H groups in total. The molecule has 0 fully saturated rings. The minimum Gasteiger partial charge on any atom is -0.303 e. The van der Waals surface area contributed by atoms with Crippen LogP contribution in [0.4, 0.5) is 5.69 Å². The highest BCUT2D eigenvalue weighted by Gasteiger charge is 2.12. The van der Waals surface area contributed by atoms with Gasteiger partial charge in [-0.1, -0.05) is 13.0 Å². The van der Waals surface area contributed by atoms with Gasteiger partial charge in [0.1, 0.15) is 6.29 Å². The van der Waals surface area contributed by atoms with Crippen LogP contribution in [0.15, 0.2) is 23.1 Å². The van der Waals surface area contributed by atoms with Crippen molar-refractivity contribution in [3.8, 4) is 0 Å². The lowest BCUT2D eigenvalue weighted by molar-refractivity contribution is -0.385. The van der Waals surface area contributed by atoms with Crippen molar-refractivity contribution in [1.29, 1.82) is 0 Å². The highest BCUT2D eigenvalue weighted by molar-refractivity contribution is 7.80. The molecule has 0 aliphatic carbocycles. The van der Waals surface area contributed by atoms with Crippen molar-refractivity contribution in [2.24, 2.45) is 0 Å². The third kappa shape index (κ3) is 2.11. The number of thiol groups is 1. The summed E-state index contributed by atoms with van der Waals surface area (Å²) >= 11 is 4.09. The topological polar surface area (TPSA) is 60.2 Å². The van der Waals surface area contributed by atoms with Crippen molar-refractivity contribution < 1.29 is 9.72 Å². The fourth-order valence-electron chi connectivity index (χ4n) is 1.10. The summed E-state index contributed by atoms with van der Waals surface area (Å²) < 4.78 is 0. The number of nitro groups is 1. The number of non-ortho nitro benzene ring substituents is 1. The maximum absolute atomic E-state index is 10.5. The number of hydrogen-bond donors (Lipinski definition) is 1. The van der Waals surface area contributed by atoms with E-state index >= 15 is 0 Å². The van der Waals surface area contributed by atoms with Gasteiger partial charge in [0.15, 0.2) is 0 Å². The summed E-state index contributed by atoms with van der Waals surface area (Å²) in [5, 5.41) is 10.4. The molecule has 4 nitrogen and oxygen atoms in total. The second-order valence-corrected chi connectivity index (χ2v) is 3.41. The predicted molar refractivity (Wildman–Crippen MR) is 54.8 cm³/mol. The zero-order valence-corrected chi connectivity index (χ0v) is 8.40. The van der Waals surface area contributed by atoms with Crippen LogP contribution in [0.1, 0.15) is 18.4 Å². The van der Waals surface area contributed by atoms with Crippen molar-refractivity contribution >= 4 is 24.6 Å². The molecule has 1 unspecified atom stereocenters. The summed E-state index contributed by atoms with van der Waals surface area (Å²) in [6.45, 7) is 1.72. The largest absolute Gasteiger partial charge is 0.303 e. The Morgan fingerprint density at radius 1 is 1.57 bits per heavy atom. The van der Waals surface area contributed by atoms with Crippen molar-refractivity contribution in [3.05, 3.63) is 33.9 Å². The fraction of sp³-hybridized carbons (Fsp3) is 0.222. The van der Waals surface area contributed by atoms with Crippen molar-refractivity contribution in [3.63, 3.8) is 0 Å². The van der Waals surface area contributed by atoms with Crippen molar-refractivity contribution in [2.45, 2.75) is 17.7 Å². The van der Waals surface area contributed by atoms with E-state index in [9.17, 15) is 14.9 Å². The Kier molecular flexibility index (Phi) is 3.24. The standard InChI is InChI=1S/C9H9NO3S/c1-6(5-11)8-3-2-7(10(12)13)4-9(8)14/h2-6,14H,1H3. The number of rotatable bonds is 3. The molecule has 0 bridgehead atoms. The average molecular weight is 211 g/mol. The van der Waals surface area contributed by atoms with E-state index in [1.165, 1.54) is 12.1 Å². The van der Waals surface area contributed by atoms with E-state index in [2.05, 4.69) is 12.6 Å². The molecule has 1 aromatic carbocycles. The number of hydrogen-bond acceptors (Lipinski definition) is 4. The monoisotopic (exact) mass is 211 g/mol. The number of carbonyl (C=O) groups excluding carboxylic acids is 1. The summed E-state index contributed by atoms with van der Waals surface area (Å²) in [5.41, 5.74) is 0.686. The Hall–Kier alpha value is -1.36. The maximum Gasteiger partial charge on any atom is 0.270 e. The van der Waals surface area contributed by atoms with Crippen molar-refractivity contribution in [1.82, 2.24) is 0 Å². The van der Waals surface area contributed by atoms with Crippen LogP contribution >= 0.6 is 12.6 Å². The van der Waals surface area contributed by atoms with E-state index in [0.717, 1.165) is 6.29 Å². The molecule has 1 rings (SSSR count). The minimum absolute atomic E-state index is 0.0168. The van der Waals surface area contributed by atoms with Gasteiger partial charge < -0.3 is 4.79 Å². The molecular formula is C9H9NO3S. The highest BCUT2D eigenvalue weighted by Crippen LogP contribution is 2.25. The summed E-state index contributed by atoms with van der Waals surface area (Å²) in [6, 6.07) is 4.27. The number of aldehydes is 1. The highest BCUT2D eigenvalue weighted by atomic mass is 32.1. The third-order valence-corrected chi connectivity index (χ3v) is 2.31. The minimum atomic E-state index is -0.491. The Morgan fingerprint density at radius 3 is 2.64 bits per heavy atom. The van der Waals surface area contributed by atoms with Gasteiger partial charge >= 0.3 is 0 Å².